The molecule has 2 aromatic heterocycles. The normalized spacial score (nSPS) is 11.0. The number of aromatic nitrogens is 4. The first-order valence-corrected chi connectivity index (χ1v) is 5.66. The van der Waals surface area contributed by atoms with E-state index in [1.165, 1.54) is 16.4 Å². The first-order chi connectivity index (χ1) is 8.65. The lowest BCUT2D eigenvalue weighted by Crippen LogP contribution is -2.10. The molecule has 0 spiro atoms. The van der Waals surface area contributed by atoms with Crippen molar-refractivity contribution < 1.29 is 0 Å². The molecule has 0 radical (unpaired) electrons. The Balaban J connectivity index is 2.29. The lowest BCUT2D eigenvalue weighted by atomic mass is 10.0. The Hall–Kier alpha value is -2.43. The van der Waals surface area contributed by atoms with Crippen LogP contribution in [0.5, 0.6) is 0 Å². The minimum absolute atomic E-state index is 0.235. The molecule has 1 aromatic carbocycles. The highest BCUT2D eigenvalue weighted by Crippen LogP contribution is 2.23. The minimum atomic E-state index is -0.235. The third kappa shape index (κ3) is 1.60. The molecule has 90 valence electrons. The van der Waals surface area contributed by atoms with Crippen LogP contribution in [0.3, 0.4) is 0 Å². The lowest BCUT2D eigenvalue weighted by Gasteiger charge is -2.03. The molecule has 0 aliphatic carbocycles. The number of rotatable bonds is 1. The quantitative estimate of drug-likeness (QED) is 0.704. The molecule has 0 aliphatic heterocycles. The number of benzene rings is 1. The van der Waals surface area contributed by atoms with Crippen LogP contribution >= 0.6 is 0 Å². The van der Waals surface area contributed by atoms with Crippen LogP contribution in [0, 0.1) is 13.8 Å². The van der Waals surface area contributed by atoms with Crippen LogP contribution in [-0.4, -0.2) is 19.8 Å². The summed E-state index contributed by atoms with van der Waals surface area (Å²) in [5, 5.41) is 10.5. The van der Waals surface area contributed by atoms with Gasteiger partial charge in [-0.3, -0.25) is 4.79 Å². The Morgan fingerprint density at radius 2 is 2.06 bits per heavy atom. The molecular formula is C13H12N4O. The fourth-order valence-electron chi connectivity index (χ4n) is 1.99. The molecule has 18 heavy (non-hydrogen) atoms. The molecule has 0 amide bonds. The van der Waals surface area contributed by atoms with Crippen molar-refractivity contribution in [2.24, 2.45) is 0 Å². The molecular weight excluding hydrogens is 228 g/mol. The van der Waals surface area contributed by atoms with Gasteiger partial charge in [0.1, 0.15) is 11.8 Å². The van der Waals surface area contributed by atoms with Crippen molar-refractivity contribution in [1.29, 1.82) is 0 Å². The molecule has 2 heterocycles. The molecule has 0 unspecified atom stereocenters. The molecule has 0 atom stereocenters. The number of H-pyrrole nitrogens is 1. The van der Waals surface area contributed by atoms with Gasteiger partial charge in [-0.05, 0) is 31.5 Å². The Morgan fingerprint density at radius 3 is 2.83 bits per heavy atom. The second kappa shape index (κ2) is 3.80. The number of hydrogen-bond donors (Lipinski definition) is 1. The number of fused-ring (bicyclic) bond motifs is 1. The van der Waals surface area contributed by atoms with Crippen LogP contribution in [0.1, 0.15) is 11.1 Å². The summed E-state index contributed by atoms with van der Waals surface area (Å²) in [6, 6.07) is 7.96. The van der Waals surface area contributed by atoms with Crippen molar-refractivity contribution in [2.45, 2.75) is 13.8 Å². The number of hydrogen-bond acceptors (Lipinski definition) is 3. The average Bonchev–Trinajstić information content (AvgIpc) is 2.77. The van der Waals surface area contributed by atoms with E-state index < -0.39 is 0 Å². The number of nitrogens with zero attached hydrogens (tertiary/aromatic N) is 3. The summed E-state index contributed by atoms with van der Waals surface area (Å²) in [4.78, 5) is 11.6. The average molecular weight is 240 g/mol. The molecule has 5 heteroatoms. The summed E-state index contributed by atoms with van der Waals surface area (Å²) in [6.45, 7) is 4.06. The predicted octanol–water partition coefficient (Wildman–Crippen LogP) is 1.70. The highest BCUT2D eigenvalue weighted by molar-refractivity contribution is 5.68. The van der Waals surface area contributed by atoms with Gasteiger partial charge in [0, 0.05) is 5.56 Å². The van der Waals surface area contributed by atoms with Crippen LogP contribution in [0.4, 0.5) is 0 Å². The molecule has 3 rings (SSSR count). The van der Waals surface area contributed by atoms with Crippen molar-refractivity contribution in [3.63, 3.8) is 0 Å². The monoisotopic (exact) mass is 240 g/mol. The second-order valence-electron chi connectivity index (χ2n) is 4.36. The zero-order valence-corrected chi connectivity index (χ0v) is 10.1. The van der Waals surface area contributed by atoms with Crippen molar-refractivity contribution >= 4 is 5.52 Å². The van der Waals surface area contributed by atoms with E-state index in [0.29, 0.717) is 5.52 Å². The van der Waals surface area contributed by atoms with Gasteiger partial charge in [-0.2, -0.15) is 10.2 Å². The number of nitrogens with one attached hydrogen (secondary N) is 1. The predicted molar refractivity (Wildman–Crippen MR) is 68.5 cm³/mol. The van der Waals surface area contributed by atoms with Crippen LogP contribution in [0.25, 0.3) is 16.8 Å². The van der Waals surface area contributed by atoms with Crippen molar-refractivity contribution in [3.05, 3.63) is 52.1 Å². The van der Waals surface area contributed by atoms with Crippen LogP contribution in [0.2, 0.25) is 0 Å². The maximum absolute atomic E-state index is 11.6. The first kappa shape index (κ1) is 10.7. The van der Waals surface area contributed by atoms with Crippen LogP contribution < -0.4 is 5.56 Å². The zero-order valence-electron chi connectivity index (χ0n) is 10.1. The summed E-state index contributed by atoms with van der Waals surface area (Å²) >= 11 is 0. The van der Waals surface area contributed by atoms with E-state index in [0.717, 1.165) is 16.8 Å². The summed E-state index contributed by atoms with van der Waals surface area (Å²) in [5.74, 6) is 0. The van der Waals surface area contributed by atoms with Crippen LogP contribution in [0.15, 0.2) is 35.4 Å². The van der Waals surface area contributed by atoms with Crippen molar-refractivity contribution in [3.8, 4) is 11.3 Å². The largest absolute Gasteiger partial charge is 0.290 e. The van der Waals surface area contributed by atoms with Gasteiger partial charge >= 0.3 is 0 Å². The molecule has 0 bridgehead atoms. The zero-order chi connectivity index (χ0) is 12.7. The lowest BCUT2D eigenvalue weighted by molar-refractivity contribution is 0.848. The molecule has 1 N–H and O–H groups in total. The standard InChI is InChI=1S/C13H12N4O/c1-8-3-4-9(2)10(5-8)11-6-12-13(18)15-14-7-17(12)16-11/h3-7H,1-2H3,(H,15,18). The third-order valence-electron chi connectivity index (χ3n) is 2.97. The van der Waals surface area contributed by atoms with Gasteiger partial charge < -0.3 is 0 Å². The summed E-state index contributed by atoms with van der Waals surface area (Å²) in [6.07, 6.45) is 1.49. The van der Waals surface area contributed by atoms with Crippen molar-refractivity contribution in [2.75, 3.05) is 0 Å². The summed E-state index contributed by atoms with van der Waals surface area (Å²) in [7, 11) is 0. The Bertz CT molecular complexity index is 785. The van der Waals surface area contributed by atoms with E-state index in [1.807, 2.05) is 13.8 Å². The van der Waals surface area contributed by atoms with E-state index in [-0.39, 0.29) is 5.56 Å². The van der Waals surface area contributed by atoms with Gasteiger partial charge in [-0.25, -0.2) is 9.61 Å². The number of aryl methyl sites for hydroxylation is 2. The van der Waals surface area contributed by atoms with Gasteiger partial charge in [0.15, 0.2) is 0 Å². The van der Waals surface area contributed by atoms with Gasteiger partial charge in [0.05, 0.1) is 5.69 Å². The fourth-order valence-corrected chi connectivity index (χ4v) is 1.99. The molecule has 0 saturated carbocycles. The smallest absolute Gasteiger partial charge is 0.266 e. The molecule has 0 aliphatic rings. The van der Waals surface area contributed by atoms with Gasteiger partial charge in [0.25, 0.3) is 5.56 Å². The van der Waals surface area contributed by atoms with E-state index in [2.05, 4.69) is 33.5 Å². The SMILES string of the molecule is Cc1ccc(C)c(-c2cc3c(=O)[nH]ncn3n2)c1. The van der Waals surface area contributed by atoms with E-state index >= 15 is 0 Å². The highest BCUT2D eigenvalue weighted by atomic mass is 16.1. The van der Waals surface area contributed by atoms with Crippen LogP contribution in [-0.2, 0) is 0 Å². The molecule has 5 nitrogen and oxygen atoms in total. The highest BCUT2D eigenvalue weighted by Gasteiger charge is 2.09. The first-order valence-electron chi connectivity index (χ1n) is 5.66. The maximum atomic E-state index is 11.6. The van der Waals surface area contributed by atoms with E-state index in [1.54, 1.807) is 6.07 Å². The molecule has 0 fully saturated rings. The van der Waals surface area contributed by atoms with Gasteiger partial charge in [-0.1, -0.05) is 17.7 Å². The maximum Gasteiger partial charge on any atom is 0.290 e. The van der Waals surface area contributed by atoms with Gasteiger partial charge in [0.2, 0.25) is 0 Å². The minimum Gasteiger partial charge on any atom is -0.266 e. The Labute approximate surface area is 103 Å². The van der Waals surface area contributed by atoms with E-state index in [9.17, 15) is 4.79 Å². The van der Waals surface area contributed by atoms with Gasteiger partial charge in [-0.15, -0.1) is 0 Å². The number of aromatic amines is 1. The summed E-state index contributed by atoms with van der Waals surface area (Å²) < 4.78 is 1.50. The second-order valence-corrected chi connectivity index (χ2v) is 4.36. The Morgan fingerprint density at radius 1 is 1.22 bits per heavy atom. The molecule has 0 saturated heterocycles. The molecule has 3 aromatic rings. The topological polar surface area (TPSA) is 63.0 Å². The summed E-state index contributed by atoms with van der Waals surface area (Å²) in [5.41, 5.74) is 4.39. The fraction of sp³-hybridized carbons (Fsp3) is 0.154. The van der Waals surface area contributed by atoms with Crippen molar-refractivity contribution in [1.82, 2.24) is 19.8 Å². The van der Waals surface area contributed by atoms with E-state index in [4.69, 9.17) is 0 Å². The Kier molecular flexibility index (Phi) is 2.26. The third-order valence-corrected chi connectivity index (χ3v) is 2.97.